The van der Waals surface area contributed by atoms with Crippen molar-refractivity contribution in [2.45, 2.75) is 101 Å². The fourth-order valence-electron chi connectivity index (χ4n) is 5.92. The van der Waals surface area contributed by atoms with Crippen molar-refractivity contribution < 1.29 is 43.1 Å². The number of nitrogens with two attached hydrogens (primary N) is 2. The van der Waals surface area contributed by atoms with Crippen LogP contribution in [0.3, 0.4) is 0 Å². The van der Waals surface area contributed by atoms with Crippen molar-refractivity contribution in [2.75, 3.05) is 45.8 Å². The molecular formula is C34H62Cl2MnN11O5-5. The third kappa shape index (κ3) is 21.1. The topological polar surface area (TPSA) is 260 Å². The molecule has 0 radical (unpaired) electrons. The average Bonchev–Trinajstić information content (AvgIpc) is 3.11. The number of nitrogens with one attached hydrogen (secondary N) is 3. The van der Waals surface area contributed by atoms with E-state index in [4.69, 9.17) is 58.2 Å². The Morgan fingerprint density at radius 3 is 2.28 bits per heavy atom. The third-order valence-electron chi connectivity index (χ3n) is 8.49. The Hall–Kier alpha value is -2.73. The molecule has 0 bridgehead atoms. The Morgan fingerprint density at radius 2 is 1.58 bits per heavy atom. The first-order chi connectivity index (χ1) is 25.4. The molecule has 1 saturated carbocycles. The zero-order chi connectivity index (χ0) is 39.0. The van der Waals surface area contributed by atoms with E-state index in [1.54, 1.807) is 12.1 Å². The molecule has 0 spiro atoms. The van der Waals surface area contributed by atoms with Crippen LogP contribution >= 0.6 is 20.2 Å². The summed E-state index contributed by atoms with van der Waals surface area (Å²) >= 11 is 0.00694. The van der Waals surface area contributed by atoms with Crippen molar-refractivity contribution in [2.24, 2.45) is 16.5 Å². The molecule has 8 N–H and O–H groups in total. The normalized spacial score (nSPS) is 23.2. The number of halogens is 2. The molecule has 309 valence electrons. The molecule has 1 aliphatic carbocycles. The van der Waals surface area contributed by atoms with Gasteiger partial charge < -0.3 is 59.1 Å². The van der Waals surface area contributed by atoms with Gasteiger partial charge in [0.15, 0.2) is 5.96 Å². The second kappa shape index (κ2) is 26.9. The van der Waals surface area contributed by atoms with Gasteiger partial charge in [-0.1, -0.05) is 52.0 Å². The second-order valence-electron chi connectivity index (χ2n) is 13.1. The largest absolute Gasteiger partial charge is 0 e. The number of carboxylic acids is 1. The van der Waals surface area contributed by atoms with Gasteiger partial charge in [-0.2, -0.15) is 62.9 Å². The first-order valence-corrected chi connectivity index (χ1v) is 21.1. The fraction of sp³-hybridized carbons (Fsp3) is 0.676. The quantitative estimate of drug-likeness (QED) is 0.0664. The zero-order valence-electron chi connectivity index (χ0n) is 30.4. The molecular weight excluding hydrogens is 768 g/mol. The van der Waals surface area contributed by atoms with Crippen LogP contribution in [0.1, 0.15) is 81.3 Å². The van der Waals surface area contributed by atoms with E-state index in [1.165, 1.54) is 18.6 Å². The summed E-state index contributed by atoms with van der Waals surface area (Å²) in [6.07, 6.45) is 5.10. The molecule has 2 fully saturated rings. The van der Waals surface area contributed by atoms with Gasteiger partial charge in [0.05, 0.1) is 18.7 Å². The summed E-state index contributed by atoms with van der Waals surface area (Å²) in [5.41, 5.74) is 11.4. The number of nitrogens with zero attached hydrogens (tertiary/aromatic N) is 6. The maximum atomic E-state index is 12.8. The van der Waals surface area contributed by atoms with Gasteiger partial charge in [0.1, 0.15) is 0 Å². The Bertz CT molecular complexity index is 1320. The fourth-order valence-corrected chi connectivity index (χ4v) is 5.92. The van der Waals surface area contributed by atoms with Gasteiger partial charge >= 0.3 is 39.3 Å². The van der Waals surface area contributed by atoms with Crippen LogP contribution in [0.4, 0.5) is 5.69 Å². The number of carbonyl (C=O) groups is 4. The van der Waals surface area contributed by atoms with Crippen molar-refractivity contribution in [3.05, 3.63) is 56.4 Å². The SMILES string of the molecule is C[C@@H]1C[N-][C@H](CCCNC(=O)CC(CC(=O)O)NC(=O)CNC(=O)c2cccc(N=C(N)N)c2)C[N-][C@@H]2CCCC[C@H]2[N-]CC[N-][C@@H](C)C[N-]1.[Cl][Mn][Cl].[HH].[HH].[HH].[HH]. The van der Waals surface area contributed by atoms with Gasteiger partial charge in [-0.3, -0.25) is 19.2 Å². The monoisotopic (exact) mass is 829 g/mol. The number of hydrogen-bond donors (Lipinski definition) is 6. The minimum absolute atomic E-state index is 0. The molecule has 3 amide bonds. The number of aliphatic imine (C=N–C) groups is 1. The Morgan fingerprint density at radius 1 is 0.925 bits per heavy atom. The van der Waals surface area contributed by atoms with E-state index in [2.05, 4.69) is 34.8 Å². The van der Waals surface area contributed by atoms with Crippen LogP contribution in [0.2, 0.25) is 0 Å². The molecule has 1 unspecified atom stereocenters. The van der Waals surface area contributed by atoms with Crippen LogP contribution in [-0.4, -0.2) is 117 Å². The van der Waals surface area contributed by atoms with E-state index < -0.39 is 36.8 Å². The summed E-state index contributed by atoms with van der Waals surface area (Å²) in [4.78, 5) is 53.2. The molecule has 1 saturated heterocycles. The number of carboxylic acid groups (broad SMARTS) is 1. The van der Waals surface area contributed by atoms with E-state index in [0.29, 0.717) is 44.8 Å². The van der Waals surface area contributed by atoms with Crippen molar-refractivity contribution in [1.29, 1.82) is 0 Å². The van der Waals surface area contributed by atoms with Crippen LogP contribution in [0, 0.1) is 0 Å². The predicted octanol–water partition coefficient (Wildman–Crippen LogP) is 5.27. The van der Waals surface area contributed by atoms with E-state index in [1.807, 2.05) is 0 Å². The molecule has 3 rings (SSSR count). The van der Waals surface area contributed by atoms with Crippen molar-refractivity contribution in [3.63, 3.8) is 0 Å². The van der Waals surface area contributed by atoms with Crippen LogP contribution in [0.15, 0.2) is 29.3 Å². The first-order valence-electron chi connectivity index (χ1n) is 17.9. The molecule has 53 heavy (non-hydrogen) atoms. The number of benzene rings is 1. The Kier molecular flexibility index (Phi) is 23.6. The van der Waals surface area contributed by atoms with Gasteiger partial charge in [-0.15, -0.1) is 0 Å². The minimum atomic E-state index is -1.17. The van der Waals surface area contributed by atoms with Gasteiger partial charge in [-0.25, -0.2) is 4.99 Å². The van der Waals surface area contributed by atoms with Gasteiger partial charge in [0.25, 0.3) is 5.91 Å². The predicted molar refractivity (Wildman–Crippen MR) is 215 cm³/mol. The van der Waals surface area contributed by atoms with Crippen molar-refractivity contribution in [3.8, 4) is 0 Å². The number of hydrogen-bond acceptors (Lipinski definition) is 5. The second-order valence-corrected chi connectivity index (χ2v) is 15.0. The molecule has 0 aromatic heterocycles. The molecule has 1 aromatic carbocycles. The maximum absolute atomic E-state index is 12.8. The van der Waals surface area contributed by atoms with Gasteiger partial charge in [0.2, 0.25) is 11.8 Å². The number of amides is 3. The standard InChI is InChI=1S/C34H54N11O5.2ClH.Mn.4H2/c1-22-18-40-23(2)19-41-26(20-42-29-11-4-3-10-28(29)38-14-13-37-22)9-6-12-39-30(46)16-27(17-32(48)49)44-31(47)21-43-33(50)24-7-5-8-25(15-24)45-34(35)36;;;;;;;/h5,7-8,15,22-23,26-29H,3-4,6,9-14,16-21H2,1-2H3,(H,39,46)(H,43,50)(H,44,47)(H,48,49)(H4,35,36,45);2*1H;;4*1H/q-5;;;+2;;;;/p-2/t22-,23+,26+,27?,28+,29+;;;;;;;/m0......./s1. The van der Waals surface area contributed by atoms with Gasteiger partial charge in [0, 0.05) is 30.3 Å². The minimum Gasteiger partial charge on any atom is 0 e. The summed E-state index contributed by atoms with van der Waals surface area (Å²) in [7, 11) is 9.59. The maximum Gasteiger partial charge on any atom is 0 e. The zero-order valence-corrected chi connectivity index (χ0v) is 33.1. The molecule has 1 aliphatic heterocycles. The number of guanidine groups is 1. The van der Waals surface area contributed by atoms with E-state index >= 15 is 0 Å². The molecule has 2 aliphatic rings. The Labute approximate surface area is 333 Å². The molecule has 1 aromatic rings. The molecule has 16 nitrogen and oxygen atoms in total. The summed E-state index contributed by atoms with van der Waals surface area (Å²) in [6, 6.07) is 5.85. The number of aliphatic carboxylic acids is 1. The summed E-state index contributed by atoms with van der Waals surface area (Å²) in [6.45, 7) is 7.38. The average molecular weight is 831 g/mol. The van der Waals surface area contributed by atoms with Gasteiger partial charge in [-0.05, 0) is 24.6 Å². The Balaban J connectivity index is -0.00000403. The summed E-state index contributed by atoms with van der Waals surface area (Å²) in [5.74, 6) is -2.91. The van der Waals surface area contributed by atoms with E-state index in [-0.39, 0.29) is 72.9 Å². The first kappa shape index (κ1) is 46.4. The number of rotatable bonds is 13. The molecule has 6 atom stereocenters. The smallest absolute Gasteiger partial charge is 0 e. The summed E-state index contributed by atoms with van der Waals surface area (Å²) in [5, 5.41) is 41.6. The van der Waals surface area contributed by atoms with Crippen LogP contribution in [0.25, 0.3) is 26.6 Å². The van der Waals surface area contributed by atoms with E-state index in [0.717, 1.165) is 32.2 Å². The molecule has 1 heterocycles. The van der Waals surface area contributed by atoms with Crippen LogP contribution in [0.5, 0.6) is 0 Å². The number of fused-ring (bicyclic) bond motifs is 1. The summed E-state index contributed by atoms with van der Waals surface area (Å²) < 4.78 is 0. The number of carbonyl (C=O) groups excluding carboxylic acids is 3. The third-order valence-corrected chi connectivity index (χ3v) is 8.49. The van der Waals surface area contributed by atoms with Crippen molar-refractivity contribution in [1.82, 2.24) is 16.0 Å². The van der Waals surface area contributed by atoms with Crippen LogP contribution < -0.4 is 27.4 Å². The van der Waals surface area contributed by atoms with Crippen LogP contribution in [-0.2, 0) is 27.5 Å². The molecule has 19 heteroatoms. The van der Waals surface area contributed by atoms with E-state index in [9.17, 15) is 24.3 Å². The van der Waals surface area contributed by atoms with Crippen molar-refractivity contribution >= 4 is 55.5 Å².